The van der Waals surface area contributed by atoms with E-state index < -0.39 is 5.97 Å². The lowest BCUT2D eigenvalue weighted by atomic mass is 10.1. The number of nitrogens with two attached hydrogens (primary N) is 1. The normalized spacial score (nSPS) is 10.3. The highest BCUT2D eigenvalue weighted by molar-refractivity contribution is 5.92. The second-order valence-electron chi connectivity index (χ2n) is 5.07. The van der Waals surface area contributed by atoms with Crippen LogP contribution >= 0.6 is 0 Å². The van der Waals surface area contributed by atoms with Crippen molar-refractivity contribution >= 4 is 17.6 Å². The third kappa shape index (κ3) is 5.72. The molecule has 1 amide bonds. The van der Waals surface area contributed by atoms with Crippen molar-refractivity contribution in [3.8, 4) is 5.75 Å². The fourth-order valence-corrected chi connectivity index (χ4v) is 1.60. The highest BCUT2D eigenvalue weighted by Crippen LogP contribution is 2.22. The maximum Gasteiger partial charge on any atom is 0.338 e. The number of carbonyl (C=O) groups excluding carboxylic acids is 2. The van der Waals surface area contributed by atoms with E-state index in [1.807, 2.05) is 0 Å². The highest BCUT2D eigenvalue weighted by atomic mass is 16.5. The molecular formula is C15H22N2O4. The number of rotatable bonds is 7. The Morgan fingerprint density at radius 1 is 1.33 bits per heavy atom. The molecule has 21 heavy (non-hydrogen) atoms. The Kier molecular flexibility index (Phi) is 6.52. The molecule has 0 aliphatic carbocycles. The molecule has 0 aliphatic heterocycles. The van der Waals surface area contributed by atoms with Gasteiger partial charge in [-0.05, 0) is 30.5 Å². The van der Waals surface area contributed by atoms with E-state index in [2.05, 4.69) is 19.2 Å². The number of ether oxygens (including phenoxy) is 2. The van der Waals surface area contributed by atoms with E-state index in [9.17, 15) is 9.59 Å². The van der Waals surface area contributed by atoms with E-state index in [0.29, 0.717) is 23.9 Å². The summed E-state index contributed by atoms with van der Waals surface area (Å²) in [6, 6.07) is 4.56. The van der Waals surface area contributed by atoms with Gasteiger partial charge >= 0.3 is 5.97 Å². The zero-order chi connectivity index (χ0) is 15.8. The second-order valence-corrected chi connectivity index (χ2v) is 5.07. The molecule has 0 unspecified atom stereocenters. The Morgan fingerprint density at radius 3 is 2.67 bits per heavy atom. The first-order valence-electron chi connectivity index (χ1n) is 6.81. The van der Waals surface area contributed by atoms with Crippen molar-refractivity contribution in [2.24, 2.45) is 5.92 Å². The van der Waals surface area contributed by atoms with Crippen LogP contribution in [-0.4, -0.2) is 32.1 Å². The first kappa shape index (κ1) is 16.8. The van der Waals surface area contributed by atoms with E-state index in [0.717, 1.165) is 6.42 Å². The predicted molar refractivity (Wildman–Crippen MR) is 80.2 cm³/mol. The van der Waals surface area contributed by atoms with Crippen LogP contribution in [-0.2, 0) is 9.53 Å². The van der Waals surface area contributed by atoms with Gasteiger partial charge in [0.05, 0.1) is 18.4 Å². The molecule has 0 aliphatic rings. The van der Waals surface area contributed by atoms with Gasteiger partial charge in [-0.15, -0.1) is 0 Å². The Balaban J connectivity index is 2.45. The number of anilines is 1. The lowest BCUT2D eigenvalue weighted by Crippen LogP contribution is -2.30. The minimum absolute atomic E-state index is 0.288. The van der Waals surface area contributed by atoms with Crippen LogP contribution in [0.5, 0.6) is 5.75 Å². The van der Waals surface area contributed by atoms with E-state index >= 15 is 0 Å². The van der Waals surface area contributed by atoms with Gasteiger partial charge in [-0.25, -0.2) is 4.79 Å². The zero-order valence-corrected chi connectivity index (χ0v) is 12.6. The van der Waals surface area contributed by atoms with Crippen molar-refractivity contribution in [1.29, 1.82) is 0 Å². The topological polar surface area (TPSA) is 90.6 Å². The monoisotopic (exact) mass is 294 g/mol. The van der Waals surface area contributed by atoms with Crippen LogP contribution in [0.2, 0.25) is 0 Å². The van der Waals surface area contributed by atoms with Crippen LogP contribution < -0.4 is 15.8 Å². The molecule has 0 atom stereocenters. The number of hydrogen-bond acceptors (Lipinski definition) is 5. The van der Waals surface area contributed by atoms with Crippen molar-refractivity contribution in [1.82, 2.24) is 5.32 Å². The molecule has 0 heterocycles. The third-order valence-corrected chi connectivity index (χ3v) is 2.85. The van der Waals surface area contributed by atoms with E-state index in [4.69, 9.17) is 15.2 Å². The van der Waals surface area contributed by atoms with Gasteiger partial charge in [0, 0.05) is 6.54 Å². The second kappa shape index (κ2) is 8.14. The maximum absolute atomic E-state index is 11.8. The molecule has 6 heteroatoms. The number of hydrogen-bond donors (Lipinski definition) is 2. The molecule has 1 aromatic carbocycles. The SMILES string of the molecule is COc1cc(C(=O)OCC(=O)NCCC(C)C)ccc1N. The fraction of sp³-hybridized carbons (Fsp3) is 0.467. The molecule has 0 aromatic heterocycles. The Hall–Kier alpha value is -2.24. The van der Waals surface area contributed by atoms with E-state index in [1.54, 1.807) is 6.07 Å². The number of nitrogens with one attached hydrogen (secondary N) is 1. The summed E-state index contributed by atoms with van der Waals surface area (Å²) in [5, 5.41) is 2.69. The number of carbonyl (C=O) groups is 2. The molecule has 0 saturated carbocycles. The molecule has 1 rings (SSSR count). The van der Waals surface area contributed by atoms with Crippen LogP contribution in [0.1, 0.15) is 30.6 Å². The molecule has 6 nitrogen and oxygen atoms in total. The van der Waals surface area contributed by atoms with Crippen molar-refractivity contribution in [2.45, 2.75) is 20.3 Å². The first-order valence-corrected chi connectivity index (χ1v) is 6.81. The summed E-state index contributed by atoms with van der Waals surface area (Å²) in [7, 11) is 1.46. The lowest BCUT2D eigenvalue weighted by Gasteiger charge is -2.09. The zero-order valence-electron chi connectivity index (χ0n) is 12.6. The van der Waals surface area contributed by atoms with Gasteiger partial charge in [0.1, 0.15) is 5.75 Å². The molecule has 0 spiro atoms. The summed E-state index contributed by atoms with van der Waals surface area (Å²) in [6.45, 7) is 4.41. The molecule has 116 valence electrons. The van der Waals surface area contributed by atoms with Crippen LogP contribution in [0.4, 0.5) is 5.69 Å². The van der Waals surface area contributed by atoms with Crippen LogP contribution in [0.15, 0.2) is 18.2 Å². The van der Waals surface area contributed by atoms with E-state index in [1.165, 1.54) is 19.2 Å². The van der Waals surface area contributed by atoms with Crippen molar-refractivity contribution in [3.05, 3.63) is 23.8 Å². The Morgan fingerprint density at radius 2 is 2.05 bits per heavy atom. The van der Waals surface area contributed by atoms with Gasteiger partial charge in [-0.2, -0.15) is 0 Å². The van der Waals surface area contributed by atoms with Crippen LogP contribution in [0.3, 0.4) is 0 Å². The number of amides is 1. The summed E-state index contributed by atoms with van der Waals surface area (Å²) in [5.41, 5.74) is 6.38. The molecule has 0 radical (unpaired) electrons. The molecule has 0 fully saturated rings. The average molecular weight is 294 g/mol. The number of benzene rings is 1. The lowest BCUT2D eigenvalue weighted by molar-refractivity contribution is -0.124. The molecule has 1 aromatic rings. The summed E-state index contributed by atoms with van der Waals surface area (Å²) in [6.07, 6.45) is 0.884. The fourth-order valence-electron chi connectivity index (χ4n) is 1.60. The van der Waals surface area contributed by atoms with Gasteiger partial charge in [-0.3, -0.25) is 4.79 Å². The summed E-state index contributed by atoms with van der Waals surface area (Å²) >= 11 is 0. The Labute approximate surface area is 124 Å². The largest absolute Gasteiger partial charge is 0.495 e. The van der Waals surface area contributed by atoms with Gasteiger partial charge in [0.2, 0.25) is 0 Å². The van der Waals surface area contributed by atoms with Gasteiger partial charge < -0.3 is 20.5 Å². The van der Waals surface area contributed by atoms with Gasteiger partial charge in [0.15, 0.2) is 6.61 Å². The summed E-state index contributed by atoms with van der Waals surface area (Å²) < 4.78 is 9.96. The standard InChI is InChI=1S/C15H22N2O4/c1-10(2)6-7-17-14(18)9-21-15(19)11-4-5-12(16)13(8-11)20-3/h4-5,8,10H,6-7,9,16H2,1-3H3,(H,17,18). The van der Waals surface area contributed by atoms with Crippen LogP contribution in [0, 0.1) is 5.92 Å². The number of nitrogen functional groups attached to an aromatic ring is 1. The van der Waals surface area contributed by atoms with Gasteiger partial charge in [0.25, 0.3) is 5.91 Å². The summed E-state index contributed by atoms with van der Waals surface area (Å²) in [4.78, 5) is 23.3. The maximum atomic E-state index is 11.8. The quantitative estimate of drug-likeness (QED) is 0.589. The molecular weight excluding hydrogens is 272 g/mol. The minimum Gasteiger partial charge on any atom is -0.495 e. The van der Waals surface area contributed by atoms with E-state index in [-0.39, 0.29) is 18.1 Å². The summed E-state index contributed by atoms with van der Waals surface area (Å²) in [5.74, 6) is -0.000327. The molecule has 0 saturated heterocycles. The van der Waals surface area contributed by atoms with Gasteiger partial charge in [-0.1, -0.05) is 13.8 Å². The first-order chi connectivity index (χ1) is 9.93. The minimum atomic E-state index is -0.590. The molecule has 0 bridgehead atoms. The van der Waals surface area contributed by atoms with Crippen molar-refractivity contribution in [3.63, 3.8) is 0 Å². The van der Waals surface area contributed by atoms with Crippen molar-refractivity contribution < 1.29 is 19.1 Å². The Bertz CT molecular complexity index is 500. The molecule has 3 N–H and O–H groups in total. The average Bonchev–Trinajstić information content (AvgIpc) is 2.44. The number of methoxy groups -OCH3 is 1. The predicted octanol–water partition coefficient (Wildman–Crippen LogP) is 1.60. The van der Waals surface area contributed by atoms with Crippen LogP contribution in [0.25, 0.3) is 0 Å². The number of esters is 1. The smallest absolute Gasteiger partial charge is 0.338 e. The third-order valence-electron chi connectivity index (χ3n) is 2.85. The highest BCUT2D eigenvalue weighted by Gasteiger charge is 2.12. The van der Waals surface area contributed by atoms with Crippen molar-refractivity contribution in [2.75, 3.05) is 26.0 Å².